The SMILES string of the molecule is [2H]C([2H])([2H])NC(C)Cc1ccccc1. The molecule has 0 aliphatic heterocycles. The van der Waals surface area contributed by atoms with Gasteiger partial charge in [-0.1, -0.05) is 30.3 Å². The first-order valence-electron chi connectivity index (χ1n) is 5.29. The highest BCUT2D eigenvalue weighted by Crippen LogP contribution is 2.01. The standard InChI is InChI=1S/C10H15N/c1-9(11-2)8-10-6-4-3-5-7-10/h3-7,9,11H,8H2,1-2H3/i2D3. The molecule has 1 N–H and O–H groups in total. The summed E-state index contributed by atoms with van der Waals surface area (Å²) >= 11 is 0. The molecule has 0 bridgehead atoms. The number of hydrogen-bond donors (Lipinski definition) is 1. The van der Waals surface area contributed by atoms with Gasteiger partial charge < -0.3 is 5.32 Å². The predicted molar refractivity (Wildman–Crippen MR) is 48.7 cm³/mol. The van der Waals surface area contributed by atoms with Gasteiger partial charge in [0, 0.05) is 10.2 Å². The van der Waals surface area contributed by atoms with Gasteiger partial charge >= 0.3 is 0 Å². The van der Waals surface area contributed by atoms with Crippen LogP contribution >= 0.6 is 0 Å². The number of benzene rings is 1. The van der Waals surface area contributed by atoms with Gasteiger partial charge in [-0.15, -0.1) is 0 Å². The van der Waals surface area contributed by atoms with E-state index in [1.54, 1.807) is 0 Å². The van der Waals surface area contributed by atoms with E-state index in [4.69, 9.17) is 4.11 Å². The van der Waals surface area contributed by atoms with Crippen LogP contribution in [0.2, 0.25) is 0 Å². The van der Waals surface area contributed by atoms with Crippen LogP contribution in [0.3, 0.4) is 0 Å². The zero-order valence-corrected chi connectivity index (χ0v) is 6.67. The quantitative estimate of drug-likeness (QED) is 0.697. The molecule has 11 heavy (non-hydrogen) atoms. The molecule has 60 valence electrons. The molecule has 1 atom stereocenters. The Labute approximate surface area is 72.7 Å². The Kier molecular flexibility index (Phi) is 1.86. The highest BCUT2D eigenvalue weighted by Gasteiger charge is 1.97. The molecule has 1 unspecified atom stereocenters. The Bertz CT molecular complexity index is 268. The highest BCUT2D eigenvalue weighted by atomic mass is 14.8. The average Bonchev–Trinajstić information content (AvgIpc) is 2.02. The van der Waals surface area contributed by atoms with Gasteiger partial charge in [-0.25, -0.2) is 0 Å². The van der Waals surface area contributed by atoms with Gasteiger partial charge in [-0.05, 0) is 25.9 Å². The summed E-state index contributed by atoms with van der Waals surface area (Å²) in [5, 5.41) is 2.57. The van der Waals surface area contributed by atoms with Crippen molar-refractivity contribution < 1.29 is 4.11 Å². The van der Waals surface area contributed by atoms with E-state index in [-0.39, 0.29) is 6.04 Å². The van der Waals surface area contributed by atoms with Crippen LogP contribution in [-0.2, 0) is 6.42 Å². The minimum atomic E-state index is -2.05. The molecule has 0 aromatic heterocycles. The van der Waals surface area contributed by atoms with E-state index in [0.717, 1.165) is 12.0 Å². The molecule has 1 rings (SSSR count). The molecular weight excluding hydrogens is 134 g/mol. The monoisotopic (exact) mass is 152 g/mol. The summed E-state index contributed by atoms with van der Waals surface area (Å²) in [5.41, 5.74) is 1.15. The lowest BCUT2D eigenvalue weighted by Crippen LogP contribution is -2.23. The number of rotatable bonds is 3. The van der Waals surface area contributed by atoms with Gasteiger partial charge in [-0.2, -0.15) is 0 Å². The van der Waals surface area contributed by atoms with Crippen molar-refractivity contribution in [1.82, 2.24) is 5.32 Å². The molecule has 0 heterocycles. The molecule has 0 amide bonds. The minimum absolute atomic E-state index is 0.0371. The second-order valence-electron chi connectivity index (χ2n) is 2.74. The summed E-state index contributed by atoms with van der Waals surface area (Å²) < 4.78 is 21.2. The van der Waals surface area contributed by atoms with Crippen LogP contribution in [0.1, 0.15) is 16.6 Å². The van der Waals surface area contributed by atoms with Crippen LogP contribution in [-0.4, -0.2) is 13.0 Å². The number of likely N-dealkylation sites (N-methyl/N-ethyl adjacent to an activating group) is 1. The van der Waals surface area contributed by atoms with Gasteiger partial charge in [0.2, 0.25) is 0 Å². The Morgan fingerprint density at radius 3 is 2.82 bits per heavy atom. The molecule has 0 radical (unpaired) electrons. The summed E-state index contributed by atoms with van der Waals surface area (Å²) in [6.07, 6.45) is 0.735. The summed E-state index contributed by atoms with van der Waals surface area (Å²) in [5.74, 6) is 0. The van der Waals surface area contributed by atoms with Crippen LogP contribution in [0.25, 0.3) is 0 Å². The van der Waals surface area contributed by atoms with Gasteiger partial charge in [0.25, 0.3) is 0 Å². The smallest absolute Gasteiger partial charge is 0.0391 e. The van der Waals surface area contributed by atoms with E-state index in [0.29, 0.717) is 0 Å². The van der Waals surface area contributed by atoms with E-state index in [9.17, 15) is 0 Å². The van der Waals surface area contributed by atoms with Crippen molar-refractivity contribution in [3.63, 3.8) is 0 Å². The Morgan fingerprint density at radius 1 is 1.45 bits per heavy atom. The third-order valence-electron chi connectivity index (χ3n) is 1.63. The Morgan fingerprint density at radius 2 is 2.18 bits per heavy atom. The largest absolute Gasteiger partial charge is 0.317 e. The van der Waals surface area contributed by atoms with Gasteiger partial charge in [-0.3, -0.25) is 0 Å². The van der Waals surface area contributed by atoms with Crippen LogP contribution in [0.5, 0.6) is 0 Å². The highest BCUT2D eigenvalue weighted by molar-refractivity contribution is 5.15. The van der Waals surface area contributed by atoms with Crippen molar-refractivity contribution in [2.24, 2.45) is 0 Å². The molecular formula is C10H15N. The fourth-order valence-electron chi connectivity index (χ4n) is 1.02. The molecule has 1 aromatic rings. The first-order valence-corrected chi connectivity index (χ1v) is 3.79. The van der Waals surface area contributed by atoms with Crippen LogP contribution in [0.4, 0.5) is 0 Å². The molecule has 0 saturated carbocycles. The van der Waals surface area contributed by atoms with Crippen LogP contribution in [0.15, 0.2) is 30.3 Å². The maximum atomic E-state index is 7.05. The second kappa shape index (κ2) is 4.14. The molecule has 0 spiro atoms. The zero-order chi connectivity index (χ0) is 10.6. The lowest BCUT2D eigenvalue weighted by Gasteiger charge is -2.08. The lowest BCUT2D eigenvalue weighted by molar-refractivity contribution is 0.608. The maximum absolute atomic E-state index is 7.05. The average molecular weight is 152 g/mol. The molecule has 0 fully saturated rings. The minimum Gasteiger partial charge on any atom is -0.317 e. The topological polar surface area (TPSA) is 12.0 Å². The maximum Gasteiger partial charge on any atom is 0.0391 e. The molecule has 0 aliphatic rings. The predicted octanol–water partition coefficient (Wildman–Crippen LogP) is 1.84. The molecule has 0 saturated heterocycles. The van der Waals surface area contributed by atoms with E-state index in [1.165, 1.54) is 0 Å². The normalized spacial score (nSPS) is 18.1. The summed E-state index contributed by atoms with van der Waals surface area (Å²) in [6.45, 7) is -0.173. The summed E-state index contributed by atoms with van der Waals surface area (Å²) in [6, 6.07) is 9.82. The van der Waals surface area contributed by atoms with Gasteiger partial charge in [0.15, 0.2) is 0 Å². The zero-order valence-electron chi connectivity index (χ0n) is 9.67. The van der Waals surface area contributed by atoms with Crippen molar-refractivity contribution in [3.8, 4) is 0 Å². The molecule has 1 nitrogen and oxygen atoms in total. The van der Waals surface area contributed by atoms with Crippen LogP contribution in [0, 0.1) is 0 Å². The Hall–Kier alpha value is -0.820. The second-order valence-corrected chi connectivity index (χ2v) is 2.74. The van der Waals surface area contributed by atoms with E-state index >= 15 is 0 Å². The third kappa shape index (κ3) is 2.72. The van der Waals surface area contributed by atoms with Gasteiger partial charge in [0.1, 0.15) is 0 Å². The molecule has 1 aromatic carbocycles. The van der Waals surface area contributed by atoms with Crippen molar-refractivity contribution in [2.75, 3.05) is 6.98 Å². The summed E-state index contributed by atoms with van der Waals surface area (Å²) in [4.78, 5) is 0. The molecule has 1 heteroatoms. The van der Waals surface area contributed by atoms with E-state index in [2.05, 4.69) is 5.32 Å². The van der Waals surface area contributed by atoms with Crippen molar-refractivity contribution in [1.29, 1.82) is 0 Å². The third-order valence-corrected chi connectivity index (χ3v) is 1.63. The molecule has 0 aliphatic carbocycles. The number of hydrogen-bond acceptors (Lipinski definition) is 1. The van der Waals surface area contributed by atoms with E-state index in [1.807, 2.05) is 37.3 Å². The first-order chi connectivity index (χ1) is 6.47. The van der Waals surface area contributed by atoms with Crippen molar-refractivity contribution in [2.45, 2.75) is 19.4 Å². The number of nitrogens with one attached hydrogen (secondary N) is 1. The van der Waals surface area contributed by atoms with E-state index < -0.39 is 6.98 Å². The Balaban J connectivity index is 2.46. The first kappa shape index (κ1) is 4.94. The van der Waals surface area contributed by atoms with Crippen molar-refractivity contribution >= 4 is 0 Å². The van der Waals surface area contributed by atoms with Gasteiger partial charge in [0.05, 0.1) is 0 Å². The van der Waals surface area contributed by atoms with Crippen molar-refractivity contribution in [3.05, 3.63) is 35.9 Å². The van der Waals surface area contributed by atoms with Crippen LogP contribution < -0.4 is 5.32 Å². The summed E-state index contributed by atoms with van der Waals surface area (Å²) in [7, 11) is 0. The fourth-order valence-corrected chi connectivity index (χ4v) is 1.02. The lowest BCUT2D eigenvalue weighted by atomic mass is 10.1. The fraction of sp³-hybridized carbons (Fsp3) is 0.400.